The van der Waals surface area contributed by atoms with Crippen molar-refractivity contribution in [1.29, 1.82) is 0 Å². The molecular weight excluding hydrogens is 456 g/mol. The van der Waals surface area contributed by atoms with Crippen molar-refractivity contribution in [1.82, 2.24) is 9.55 Å². The first-order chi connectivity index (χ1) is 16.8. The fourth-order valence-corrected chi connectivity index (χ4v) is 6.36. The first kappa shape index (κ1) is 24.2. The van der Waals surface area contributed by atoms with Gasteiger partial charge in [0.05, 0.1) is 10.6 Å². The molecule has 2 aliphatic carbocycles. The van der Waals surface area contributed by atoms with Crippen LogP contribution in [0.1, 0.15) is 86.5 Å². The monoisotopic (exact) mass is 492 g/mol. The van der Waals surface area contributed by atoms with Gasteiger partial charge in [0.15, 0.2) is 15.6 Å². The van der Waals surface area contributed by atoms with E-state index in [0.29, 0.717) is 29.3 Å². The molecule has 0 N–H and O–H groups in total. The molecule has 0 aliphatic heterocycles. The highest BCUT2D eigenvalue weighted by atomic mass is 32.2. The van der Waals surface area contributed by atoms with Crippen molar-refractivity contribution >= 4 is 26.7 Å². The number of fused-ring (bicyclic) bond motifs is 1. The van der Waals surface area contributed by atoms with Crippen LogP contribution in [0.4, 0.5) is 0 Å². The van der Waals surface area contributed by atoms with E-state index in [0.717, 1.165) is 34.9 Å². The molecule has 0 spiro atoms. The number of carbonyl (C=O) groups excluding carboxylic acids is 1. The van der Waals surface area contributed by atoms with Crippen LogP contribution in [0.2, 0.25) is 0 Å². The van der Waals surface area contributed by atoms with Gasteiger partial charge in [-0.2, -0.15) is 0 Å². The third-order valence-corrected chi connectivity index (χ3v) is 9.68. The Morgan fingerprint density at radius 1 is 1.03 bits per heavy atom. The standard InChI is InChI=1S/C29H36N2O3S/c1-3-35(33,34)27-13-8-21(9-14-27)10-15-28(32)24-17-23-18-26(16-22-6-4-20(2)5-7-22)31(25-11-12-25)29(23)30-19-24/h8-9,13-14,17-20,22,25H,3-7,10-12,15-16H2,1-2H3. The van der Waals surface area contributed by atoms with E-state index in [1.54, 1.807) is 25.3 Å². The first-order valence-electron chi connectivity index (χ1n) is 13.2. The van der Waals surface area contributed by atoms with E-state index in [1.165, 1.54) is 44.2 Å². The lowest BCUT2D eigenvalue weighted by molar-refractivity contribution is 0.0982. The lowest BCUT2D eigenvalue weighted by atomic mass is 9.81. The van der Waals surface area contributed by atoms with Crippen molar-refractivity contribution in [2.24, 2.45) is 11.8 Å². The summed E-state index contributed by atoms with van der Waals surface area (Å²) in [6, 6.07) is 11.8. The highest BCUT2D eigenvalue weighted by Gasteiger charge is 2.29. The van der Waals surface area contributed by atoms with Crippen LogP contribution in [0.5, 0.6) is 0 Å². The van der Waals surface area contributed by atoms with Crippen LogP contribution in [-0.4, -0.2) is 29.5 Å². The van der Waals surface area contributed by atoms with E-state index >= 15 is 0 Å². The summed E-state index contributed by atoms with van der Waals surface area (Å²) >= 11 is 0. The number of hydrogen-bond acceptors (Lipinski definition) is 4. The quantitative estimate of drug-likeness (QED) is 0.326. The number of Topliss-reactive ketones (excluding diaryl/α,β-unsaturated/α-hetero) is 1. The SMILES string of the molecule is CCS(=O)(=O)c1ccc(CCC(=O)c2cnc3c(c2)cc(CC2CCC(C)CC2)n3C2CC2)cc1. The van der Waals surface area contributed by atoms with Crippen LogP contribution in [0, 0.1) is 11.8 Å². The molecule has 1 aromatic carbocycles. The second-order valence-corrected chi connectivity index (χ2v) is 13.0. The molecule has 0 bridgehead atoms. The number of hydrogen-bond donors (Lipinski definition) is 0. The number of pyridine rings is 1. The molecule has 6 heteroatoms. The molecule has 0 radical (unpaired) electrons. The van der Waals surface area contributed by atoms with Gasteiger partial charge in [0, 0.05) is 35.3 Å². The summed E-state index contributed by atoms with van der Waals surface area (Å²) in [4.78, 5) is 18.1. The van der Waals surface area contributed by atoms with Crippen LogP contribution in [-0.2, 0) is 22.7 Å². The Kier molecular flexibility index (Phi) is 6.84. The summed E-state index contributed by atoms with van der Waals surface area (Å²) in [5, 5.41) is 1.08. The van der Waals surface area contributed by atoms with Crippen LogP contribution in [0.25, 0.3) is 11.0 Å². The van der Waals surface area contributed by atoms with Gasteiger partial charge in [0.2, 0.25) is 0 Å². The van der Waals surface area contributed by atoms with Gasteiger partial charge < -0.3 is 4.57 Å². The van der Waals surface area contributed by atoms with Gasteiger partial charge >= 0.3 is 0 Å². The number of aryl methyl sites for hydroxylation is 1. The van der Waals surface area contributed by atoms with E-state index in [4.69, 9.17) is 4.98 Å². The number of aromatic nitrogens is 2. The molecule has 2 saturated carbocycles. The van der Waals surface area contributed by atoms with Gasteiger partial charge in [-0.1, -0.05) is 38.8 Å². The zero-order chi connectivity index (χ0) is 24.6. The first-order valence-corrected chi connectivity index (χ1v) is 14.8. The summed E-state index contributed by atoms with van der Waals surface area (Å²) in [7, 11) is -3.20. The Morgan fingerprint density at radius 2 is 1.74 bits per heavy atom. The predicted molar refractivity (Wildman–Crippen MR) is 140 cm³/mol. The molecule has 2 aromatic heterocycles. The fraction of sp³-hybridized carbons (Fsp3) is 0.517. The zero-order valence-electron chi connectivity index (χ0n) is 20.9. The van der Waals surface area contributed by atoms with Crippen LogP contribution in [0.15, 0.2) is 47.5 Å². The minimum Gasteiger partial charge on any atom is -0.327 e. The van der Waals surface area contributed by atoms with Gasteiger partial charge in [0.25, 0.3) is 0 Å². The smallest absolute Gasteiger partial charge is 0.178 e. The zero-order valence-corrected chi connectivity index (χ0v) is 21.7. The summed E-state index contributed by atoms with van der Waals surface area (Å²) in [6.45, 7) is 4.01. The minimum absolute atomic E-state index is 0.0756. The number of rotatable bonds is 9. The number of benzene rings is 1. The normalized spacial score (nSPS) is 20.9. The molecule has 0 saturated heterocycles. The van der Waals surface area contributed by atoms with Gasteiger partial charge in [-0.05, 0) is 80.2 Å². The summed E-state index contributed by atoms with van der Waals surface area (Å²) in [5.41, 5.74) is 4.04. The average molecular weight is 493 g/mol. The molecule has 2 heterocycles. The molecule has 0 amide bonds. The van der Waals surface area contributed by atoms with Crippen molar-refractivity contribution in [3.8, 4) is 0 Å². The van der Waals surface area contributed by atoms with Crippen LogP contribution in [0.3, 0.4) is 0 Å². The summed E-state index contributed by atoms with van der Waals surface area (Å²) in [5.74, 6) is 1.78. The minimum atomic E-state index is -3.20. The fourth-order valence-electron chi connectivity index (χ4n) is 5.48. The molecule has 5 rings (SSSR count). The van der Waals surface area contributed by atoms with E-state index in [1.807, 2.05) is 18.2 Å². The third kappa shape index (κ3) is 5.37. The van der Waals surface area contributed by atoms with Gasteiger partial charge in [-0.3, -0.25) is 4.79 Å². The highest BCUT2D eigenvalue weighted by molar-refractivity contribution is 7.91. The number of nitrogens with zero attached hydrogens (tertiary/aromatic N) is 2. The Bertz CT molecular complexity index is 1310. The largest absolute Gasteiger partial charge is 0.327 e. The molecular formula is C29H36N2O3S. The van der Waals surface area contributed by atoms with E-state index < -0.39 is 9.84 Å². The molecule has 2 aliphatic rings. The van der Waals surface area contributed by atoms with Crippen LogP contribution >= 0.6 is 0 Å². The van der Waals surface area contributed by atoms with Crippen molar-refractivity contribution in [2.75, 3.05) is 5.75 Å². The van der Waals surface area contributed by atoms with Gasteiger partial charge in [-0.15, -0.1) is 0 Å². The van der Waals surface area contributed by atoms with E-state index in [-0.39, 0.29) is 11.5 Å². The Labute approximate surface area is 208 Å². The number of sulfone groups is 1. The molecule has 0 unspecified atom stereocenters. The summed E-state index contributed by atoms with van der Waals surface area (Å²) in [6.07, 6.45) is 11.6. The Morgan fingerprint density at radius 3 is 2.40 bits per heavy atom. The average Bonchev–Trinajstić information content (AvgIpc) is 3.64. The molecule has 3 aromatic rings. The molecule has 186 valence electrons. The Balaban J connectivity index is 1.29. The van der Waals surface area contributed by atoms with Crippen molar-refractivity contribution < 1.29 is 13.2 Å². The molecule has 2 fully saturated rings. The topological polar surface area (TPSA) is 69.0 Å². The maximum atomic E-state index is 13.0. The molecule has 5 nitrogen and oxygen atoms in total. The van der Waals surface area contributed by atoms with Crippen LogP contribution < -0.4 is 0 Å². The molecule has 0 atom stereocenters. The van der Waals surface area contributed by atoms with E-state index in [9.17, 15) is 13.2 Å². The number of ketones is 1. The summed E-state index contributed by atoms with van der Waals surface area (Å²) < 4.78 is 26.5. The van der Waals surface area contributed by atoms with Crippen molar-refractivity contribution in [2.45, 2.75) is 82.6 Å². The Hall–Kier alpha value is -2.47. The van der Waals surface area contributed by atoms with Crippen molar-refractivity contribution in [3.63, 3.8) is 0 Å². The van der Waals surface area contributed by atoms with Crippen molar-refractivity contribution in [3.05, 3.63) is 59.4 Å². The van der Waals surface area contributed by atoms with Gasteiger partial charge in [-0.25, -0.2) is 13.4 Å². The third-order valence-electron chi connectivity index (χ3n) is 7.93. The lowest BCUT2D eigenvalue weighted by Gasteiger charge is -2.26. The maximum Gasteiger partial charge on any atom is 0.178 e. The maximum absolute atomic E-state index is 13.0. The lowest BCUT2D eigenvalue weighted by Crippen LogP contribution is -2.16. The molecule has 35 heavy (non-hydrogen) atoms. The number of carbonyl (C=O) groups is 1. The van der Waals surface area contributed by atoms with Gasteiger partial charge in [0.1, 0.15) is 5.65 Å². The predicted octanol–water partition coefficient (Wildman–Crippen LogP) is 6.35. The second-order valence-electron chi connectivity index (χ2n) is 10.7. The highest BCUT2D eigenvalue weighted by Crippen LogP contribution is 2.41. The second kappa shape index (κ2) is 9.88. The van der Waals surface area contributed by atoms with E-state index in [2.05, 4.69) is 17.6 Å².